The van der Waals surface area contributed by atoms with Crippen LogP contribution in [-0.4, -0.2) is 15.3 Å². The summed E-state index contributed by atoms with van der Waals surface area (Å²) >= 11 is 0. The first-order chi connectivity index (χ1) is 15.1. The fraction of sp³-hybridized carbons (Fsp3) is 0.259. The number of nitrogens with one attached hydrogen (secondary N) is 1. The highest BCUT2D eigenvalue weighted by Crippen LogP contribution is 2.23. The van der Waals surface area contributed by atoms with Gasteiger partial charge in [-0.1, -0.05) is 50.5 Å². The van der Waals surface area contributed by atoms with Crippen molar-refractivity contribution in [1.82, 2.24) is 9.38 Å². The summed E-state index contributed by atoms with van der Waals surface area (Å²) in [4.78, 5) is 17.4. The van der Waals surface area contributed by atoms with Crippen molar-refractivity contribution in [2.24, 2.45) is 0 Å². The minimum absolute atomic E-state index is 0.0969. The molecule has 0 fully saturated rings. The van der Waals surface area contributed by atoms with Gasteiger partial charge >= 0.3 is 0 Å². The van der Waals surface area contributed by atoms with Crippen molar-refractivity contribution in [2.75, 3.05) is 5.32 Å². The molecule has 4 nitrogen and oxygen atoms in total. The molecule has 4 rings (SSSR count). The van der Waals surface area contributed by atoms with E-state index in [0.29, 0.717) is 5.56 Å². The summed E-state index contributed by atoms with van der Waals surface area (Å²) in [5, 5.41) is 3.02. The molecule has 2 aromatic heterocycles. The molecule has 0 saturated carbocycles. The van der Waals surface area contributed by atoms with Crippen molar-refractivity contribution < 1.29 is 4.79 Å². The van der Waals surface area contributed by atoms with E-state index in [1.807, 2.05) is 53.2 Å². The van der Waals surface area contributed by atoms with Gasteiger partial charge in [0.05, 0.1) is 5.69 Å². The third-order valence-corrected chi connectivity index (χ3v) is 5.57. The first-order valence-electron chi connectivity index (χ1n) is 11.1. The molecule has 2 heterocycles. The Labute approximate surface area is 184 Å². The molecule has 0 aliphatic rings. The summed E-state index contributed by atoms with van der Waals surface area (Å²) in [5.74, 6) is -0.0969. The van der Waals surface area contributed by atoms with Crippen LogP contribution in [0.5, 0.6) is 0 Å². The van der Waals surface area contributed by atoms with E-state index in [0.717, 1.165) is 29.0 Å². The Kier molecular flexibility index (Phi) is 6.46. The van der Waals surface area contributed by atoms with Gasteiger partial charge in [-0.05, 0) is 67.3 Å². The molecular weight excluding hydrogens is 382 g/mol. The number of hydrogen-bond acceptors (Lipinski definition) is 2. The van der Waals surface area contributed by atoms with Crippen LogP contribution >= 0.6 is 0 Å². The summed E-state index contributed by atoms with van der Waals surface area (Å²) in [5.41, 5.74) is 6.68. The standard InChI is InChI=1S/C27H29N3O/c1-3-4-5-6-8-21-11-13-22(14-12-21)27(31)28-24-10-7-9-23(18-24)25-19-30-16-15-20(2)17-26(30)29-25/h7,9-19H,3-6,8H2,1-2H3,(H,28,31). The number of unbranched alkanes of at least 4 members (excludes halogenated alkanes) is 3. The van der Waals surface area contributed by atoms with Crippen molar-refractivity contribution >= 4 is 17.2 Å². The second kappa shape index (κ2) is 9.61. The Bertz CT molecular complexity index is 1170. The molecule has 158 valence electrons. The van der Waals surface area contributed by atoms with Gasteiger partial charge in [0.2, 0.25) is 0 Å². The summed E-state index contributed by atoms with van der Waals surface area (Å²) < 4.78 is 2.01. The number of amides is 1. The van der Waals surface area contributed by atoms with Crippen LogP contribution in [0.1, 0.15) is 54.1 Å². The number of benzene rings is 2. The molecule has 0 saturated heterocycles. The average Bonchev–Trinajstić information content (AvgIpc) is 3.20. The number of aromatic nitrogens is 2. The maximum Gasteiger partial charge on any atom is 0.255 e. The molecule has 0 aliphatic heterocycles. The number of carbonyl (C=O) groups is 1. The molecule has 31 heavy (non-hydrogen) atoms. The van der Waals surface area contributed by atoms with E-state index in [-0.39, 0.29) is 5.91 Å². The maximum atomic E-state index is 12.7. The van der Waals surface area contributed by atoms with E-state index in [4.69, 9.17) is 4.98 Å². The van der Waals surface area contributed by atoms with Crippen molar-refractivity contribution in [2.45, 2.75) is 46.0 Å². The van der Waals surface area contributed by atoms with E-state index < -0.39 is 0 Å². The quantitative estimate of drug-likeness (QED) is 0.329. The summed E-state index contributed by atoms with van der Waals surface area (Å²) in [7, 11) is 0. The molecule has 1 N–H and O–H groups in total. The van der Waals surface area contributed by atoms with Gasteiger partial charge in [-0.3, -0.25) is 4.79 Å². The first kappa shape index (κ1) is 20.9. The number of carbonyl (C=O) groups excluding carboxylic acids is 1. The minimum Gasteiger partial charge on any atom is -0.322 e. The van der Waals surface area contributed by atoms with Crippen LogP contribution in [0.2, 0.25) is 0 Å². The van der Waals surface area contributed by atoms with Crippen LogP contribution in [0.25, 0.3) is 16.9 Å². The summed E-state index contributed by atoms with van der Waals surface area (Å²) in [6, 6.07) is 19.9. The lowest BCUT2D eigenvalue weighted by Gasteiger charge is -2.08. The molecule has 4 aromatic rings. The van der Waals surface area contributed by atoms with E-state index in [1.54, 1.807) is 0 Å². The van der Waals surface area contributed by atoms with Crippen molar-refractivity contribution in [3.63, 3.8) is 0 Å². The van der Waals surface area contributed by atoms with Gasteiger partial charge in [0.15, 0.2) is 0 Å². The van der Waals surface area contributed by atoms with Crippen LogP contribution in [-0.2, 0) is 6.42 Å². The van der Waals surface area contributed by atoms with Crippen LogP contribution in [0.4, 0.5) is 5.69 Å². The minimum atomic E-state index is -0.0969. The third kappa shape index (κ3) is 5.21. The molecule has 0 atom stereocenters. The lowest BCUT2D eigenvalue weighted by molar-refractivity contribution is 0.102. The molecule has 0 radical (unpaired) electrons. The number of fused-ring (bicyclic) bond motifs is 1. The summed E-state index contributed by atoms with van der Waals surface area (Å²) in [6.45, 7) is 4.28. The topological polar surface area (TPSA) is 46.4 Å². The second-order valence-corrected chi connectivity index (χ2v) is 8.14. The fourth-order valence-electron chi connectivity index (χ4n) is 3.76. The number of nitrogens with zero attached hydrogens (tertiary/aromatic N) is 2. The first-order valence-corrected chi connectivity index (χ1v) is 11.1. The highest BCUT2D eigenvalue weighted by molar-refractivity contribution is 6.04. The Hall–Kier alpha value is -3.40. The molecule has 0 bridgehead atoms. The molecular formula is C27H29N3O. The van der Waals surface area contributed by atoms with Gasteiger partial charge < -0.3 is 9.72 Å². The molecule has 1 amide bonds. The van der Waals surface area contributed by atoms with Crippen LogP contribution in [0.15, 0.2) is 73.1 Å². The van der Waals surface area contributed by atoms with Gasteiger partial charge in [-0.2, -0.15) is 0 Å². The van der Waals surface area contributed by atoms with Gasteiger partial charge in [-0.25, -0.2) is 4.98 Å². The molecule has 4 heteroatoms. The smallest absolute Gasteiger partial charge is 0.255 e. The summed E-state index contributed by atoms with van der Waals surface area (Å²) in [6.07, 6.45) is 10.1. The average molecular weight is 412 g/mol. The Balaban J connectivity index is 1.44. The number of rotatable bonds is 8. The van der Waals surface area contributed by atoms with Gasteiger partial charge in [0.25, 0.3) is 5.91 Å². The molecule has 0 unspecified atom stereocenters. The lowest BCUT2D eigenvalue weighted by atomic mass is 10.0. The lowest BCUT2D eigenvalue weighted by Crippen LogP contribution is -2.11. The monoisotopic (exact) mass is 411 g/mol. The zero-order valence-electron chi connectivity index (χ0n) is 18.3. The van der Waals surface area contributed by atoms with Crippen LogP contribution in [0.3, 0.4) is 0 Å². The Morgan fingerprint density at radius 1 is 1.00 bits per heavy atom. The number of hydrogen-bond donors (Lipinski definition) is 1. The number of aryl methyl sites for hydroxylation is 2. The van der Waals surface area contributed by atoms with E-state index in [2.05, 4.69) is 43.4 Å². The van der Waals surface area contributed by atoms with Gasteiger partial charge in [0.1, 0.15) is 5.65 Å². The highest BCUT2D eigenvalue weighted by Gasteiger charge is 2.09. The van der Waals surface area contributed by atoms with Crippen molar-refractivity contribution in [3.05, 3.63) is 89.7 Å². The van der Waals surface area contributed by atoms with E-state index in [9.17, 15) is 4.79 Å². The van der Waals surface area contributed by atoms with E-state index in [1.165, 1.54) is 36.8 Å². The number of imidazole rings is 1. The Morgan fingerprint density at radius 2 is 1.84 bits per heavy atom. The second-order valence-electron chi connectivity index (χ2n) is 8.14. The van der Waals surface area contributed by atoms with Crippen LogP contribution < -0.4 is 5.32 Å². The van der Waals surface area contributed by atoms with Gasteiger partial charge in [0, 0.05) is 29.2 Å². The van der Waals surface area contributed by atoms with Gasteiger partial charge in [-0.15, -0.1) is 0 Å². The largest absolute Gasteiger partial charge is 0.322 e. The number of pyridine rings is 1. The third-order valence-electron chi connectivity index (χ3n) is 5.57. The van der Waals surface area contributed by atoms with E-state index >= 15 is 0 Å². The highest BCUT2D eigenvalue weighted by atomic mass is 16.1. The number of anilines is 1. The molecule has 0 spiro atoms. The molecule has 0 aliphatic carbocycles. The Morgan fingerprint density at radius 3 is 2.65 bits per heavy atom. The molecule has 2 aromatic carbocycles. The van der Waals surface area contributed by atoms with Crippen molar-refractivity contribution in [1.29, 1.82) is 0 Å². The predicted octanol–water partition coefficient (Wildman–Crippen LogP) is 6.68. The zero-order valence-corrected chi connectivity index (χ0v) is 18.3. The van der Waals surface area contributed by atoms with Crippen molar-refractivity contribution in [3.8, 4) is 11.3 Å². The SMILES string of the molecule is CCCCCCc1ccc(C(=O)Nc2cccc(-c3cn4ccc(C)cc4n3)c2)cc1. The maximum absolute atomic E-state index is 12.7. The normalized spacial score (nSPS) is 11.0. The van der Waals surface area contributed by atoms with Crippen LogP contribution in [0, 0.1) is 6.92 Å². The zero-order chi connectivity index (χ0) is 21.6. The fourth-order valence-corrected chi connectivity index (χ4v) is 3.76. The predicted molar refractivity (Wildman–Crippen MR) is 128 cm³/mol.